The summed E-state index contributed by atoms with van der Waals surface area (Å²) in [4.78, 5) is 15.7. The normalized spacial score (nSPS) is 10.5. The van der Waals surface area contributed by atoms with E-state index in [1.165, 1.54) is 0 Å². The van der Waals surface area contributed by atoms with Crippen molar-refractivity contribution in [3.63, 3.8) is 0 Å². The first-order valence-electron chi connectivity index (χ1n) is 8.06. The third-order valence-corrected chi connectivity index (χ3v) is 3.46. The zero-order valence-corrected chi connectivity index (χ0v) is 14.4. The molecule has 0 radical (unpaired) electrons. The fourth-order valence-electron chi connectivity index (χ4n) is 2.26. The molecule has 2 rings (SSSR count). The Hall–Kier alpha value is -2.57. The van der Waals surface area contributed by atoms with Crippen molar-refractivity contribution >= 4 is 6.03 Å². The molecule has 0 saturated heterocycles. The Morgan fingerprint density at radius 1 is 1.17 bits per heavy atom. The van der Waals surface area contributed by atoms with Gasteiger partial charge in [-0.2, -0.15) is 4.98 Å². The Morgan fingerprint density at radius 2 is 1.88 bits per heavy atom. The summed E-state index contributed by atoms with van der Waals surface area (Å²) >= 11 is 0. The van der Waals surface area contributed by atoms with Crippen molar-refractivity contribution in [2.45, 2.75) is 33.6 Å². The molecule has 0 unspecified atom stereocenters. The lowest BCUT2D eigenvalue weighted by Crippen LogP contribution is -2.37. The van der Waals surface area contributed by atoms with Gasteiger partial charge in [-0.05, 0) is 38.3 Å². The molecular weight excluding hydrogens is 308 g/mol. The lowest BCUT2D eigenvalue weighted by Gasteiger charge is -2.12. The number of carbonyl (C=O) groups excluding carboxylic acids is 1. The number of nitrogens with zero attached hydrogens (tertiary/aromatic N) is 2. The number of nitrogens with one attached hydrogen (secondary N) is 2. The van der Waals surface area contributed by atoms with Gasteiger partial charge in [0.25, 0.3) is 0 Å². The maximum atomic E-state index is 11.7. The highest BCUT2D eigenvalue weighted by atomic mass is 16.5. The molecule has 0 bridgehead atoms. The number of rotatable bonds is 8. The van der Waals surface area contributed by atoms with Crippen molar-refractivity contribution in [3.05, 3.63) is 41.0 Å². The Balaban J connectivity index is 1.56. The van der Waals surface area contributed by atoms with Crippen molar-refractivity contribution in [2.75, 3.05) is 19.7 Å². The molecule has 1 heterocycles. The minimum Gasteiger partial charge on any atom is -0.493 e. The van der Waals surface area contributed by atoms with E-state index in [9.17, 15) is 4.79 Å². The summed E-state index contributed by atoms with van der Waals surface area (Å²) < 4.78 is 10.8. The average molecular weight is 332 g/mol. The van der Waals surface area contributed by atoms with Gasteiger partial charge in [0.2, 0.25) is 5.89 Å². The van der Waals surface area contributed by atoms with E-state index in [2.05, 4.69) is 20.8 Å². The van der Waals surface area contributed by atoms with Crippen LogP contribution in [0.1, 0.15) is 29.3 Å². The lowest BCUT2D eigenvalue weighted by molar-refractivity contribution is 0.238. The first-order chi connectivity index (χ1) is 11.6. The van der Waals surface area contributed by atoms with Crippen LogP contribution in [-0.4, -0.2) is 35.9 Å². The van der Waals surface area contributed by atoms with Gasteiger partial charge in [-0.15, -0.1) is 0 Å². The summed E-state index contributed by atoms with van der Waals surface area (Å²) in [6.45, 7) is 7.38. The first kappa shape index (κ1) is 17.8. The second kappa shape index (κ2) is 8.90. The van der Waals surface area contributed by atoms with Crippen LogP contribution in [0.25, 0.3) is 0 Å². The number of aromatic nitrogens is 2. The predicted octanol–water partition coefficient (Wildman–Crippen LogP) is 2.31. The van der Waals surface area contributed by atoms with E-state index in [1.54, 1.807) is 6.92 Å². The van der Waals surface area contributed by atoms with E-state index in [0.717, 1.165) is 23.3 Å². The van der Waals surface area contributed by atoms with Gasteiger partial charge in [0.1, 0.15) is 5.75 Å². The van der Waals surface area contributed by atoms with Crippen LogP contribution >= 0.6 is 0 Å². The monoisotopic (exact) mass is 332 g/mol. The summed E-state index contributed by atoms with van der Waals surface area (Å²) in [5.74, 6) is 2.05. The summed E-state index contributed by atoms with van der Waals surface area (Å²) in [7, 11) is 0. The number of amides is 2. The first-order valence-corrected chi connectivity index (χ1v) is 8.06. The number of hydrogen-bond acceptors (Lipinski definition) is 5. The highest BCUT2D eigenvalue weighted by Gasteiger charge is 2.05. The zero-order chi connectivity index (χ0) is 17.4. The molecule has 2 N–H and O–H groups in total. The molecule has 7 heteroatoms. The van der Waals surface area contributed by atoms with Crippen molar-refractivity contribution in [2.24, 2.45) is 0 Å². The van der Waals surface area contributed by atoms with Gasteiger partial charge >= 0.3 is 6.03 Å². The maximum absolute atomic E-state index is 11.7. The average Bonchev–Trinajstić information content (AvgIpc) is 2.95. The highest BCUT2D eigenvalue weighted by molar-refractivity contribution is 5.73. The van der Waals surface area contributed by atoms with Crippen LogP contribution in [0.4, 0.5) is 4.79 Å². The Morgan fingerprint density at radius 3 is 2.54 bits per heavy atom. The smallest absolute Gasteiger partial charge is 0.314 e. The molecule has 0 fully saturated rings. The van der Waals surface area contributed by atoms with Crippen LogP contribution in [-0.2, 0) is 6.42 Å². The second-order valence-electron chi connectivity index (χ2n) is 5.59. The standard InChI is InChI=1S/C17H24N4O3/c1-12-6-4-7-13(2)16(12)23-11-5-9-18-17(22)19-10-8-15-20-14(3)21-24-15/h4,6-7H,5,8-11H2,1-3H3,(H2,18,19,22). The van der Waals surface area contributed by atoms with Gasteiger partial charge in [-0.3, -0.25) is 0 Å². The third kappa shape index (κ3) is 5.57. The third-order valence-electron chi connectivity index (χ3n) is 3.46. The van der Waals surface area contributed by atoms with E-state index in [0.29, 0.717) is 37.8 Å². The van der Waals surface area contributed by atoms with Crippen molar-refractivity contribution in [3.8, 4) is 5.75 Å². The van der Waals surface area contributed by atoms with E-state index >= 15 is 0 Å². The van der Waals surface area contributed by atoms with Gasteiger partial charge in [-0.25, -0.2) is 4.79 Å². The minimum absolute atomic E-state index is 0.210. The molecule has 24 heavy (non-hydrogen) atoms. The predicted molar refractivity (Wildman–Crippen MR) is 90.2 cm³/mol. The van der Waals surface area contributed by atoms with Crippen LogP contribution < -0.4 is 15.4 Å². The lowest BCUT2D eigenvalue weighted by atomic mass is 10.1. The zero-order valence-electron chi connectivity index (χ0n) is 14.4. The molecule has 2 aromatic rings. The quantitative estimate of drug-likeness (QED) is 0.724. The SMILES string of the molecule is Cc1noc(CCNC(=O)NCCCOc2c(C)cccc2C)n1. The fourth-order valence-corrected chi connectivity index (χ4v) is 2.26. The van der Waals surface area contributed by atoms with Crippen LogP contribution in [0.3, 0.4) is 0 Å². The molecule has 7 nitrogen and oxygen atoms in total. The fraction of sp³-hybridized carbons (Fsp3) is 0.471. The molecule has 0 spiro atoms. The van der Waals surface area contributed by atoms with Crippen LogP contribution in [0.2, 0.25) is 0 Å². The summed E-state index contributed by atoms with van der Waals surface area (Å²) in [5.41, 5.74) is 2.24. The number of carbonyl (C=O) groups is 1. The molecule has 0 aliphatic rings. The molecule has 0 aliphatic heterocycles. The second-order valence-corrected chi connectivity index (χ2v) is 5.59. The number of para-hydroxylation sites is 1. The molecule has 0 atom stereocenters. The van der Waals surface area contributed by atoms with Gasteiger partial charge in [-0.1, -0.05) is 23.4 Å². The van der Waals surface area contributed by atoms with Crippen molar-refractivity contribution < 1.29 is 14.1 Å². The molecule has 2 amide bonds. The van der Waals surface area contributed by atoms with E-state index in [4.69, 9.17) is 9.26 Å². The summed E-state index contributed by atoms with van der Waals surface area (Å²) in [5, 5.41) is 9.23. The van der Waals surface area contributed by atoms with Gasteiger partial charge in [0.15, 0.2) is 5.82 Å². The topological polar surface area (TPSA) is 89.3 Å². The molecule has 0 aliphatic carbocycles. The van der Waals surface area contributed by atoms with Crippen molar-refractivity contribution in [1.82, 2.24) is 20.8 Å². The van der Waals surface area contributed by atoms with Crippen LogP contribution in [0.15, 0.2) is 22.7 Å². The van der Waals surface area contributed by atoms with E-state index in [1.807, 2.05) is 32.0 Å². The largest absolute Gasteiger partial charge is 0.493 e. The summed E-state index contributed by atoms with van der Waals surface area (Å²) in [6.07, 6.45) is 1.26. The van der Waals surface area contributed by atoms with Crippen LogP contribution in [0, 0.1) is 20.8 Å². The van der Waals surface area contributed by atoms with E-state index < -0.39 is 0 Å². The minimum atomic E-state index is -0.210. The molecule has 130 valence electrons. The molecule has 1 aromatic heterocycles. The Labute approximate surface area is 141 Å². The Bertz CT molecular complexity index is 649. The van der Waals surface area contributed by atoms with E-state index in [-0.39, 0.29) is 6.03 Å². The number of hydrogen-bond donors (Lipinski definition) is 2. The molecular formula is C17H24N4O3. The summed E-state index contributed by atoms with van der Waals surface area (Å²) in [6, 6.07) is 5.86. The van der Waals surface area contributed by atoms with Gasteiger partial charge < -0.3 is 19.9 Å². The molecule has 0 saturated carbocycles. The molecule has 1 aromatic carbocycles. The van der Waals surface area contributed by atoms with Crippen LogP contribution in [0.5, 0.6) is 5.75 Å². The highest BCUT2D eigenvalue weighted by Crippen LogP contribution is 2.22. The number of aryl methyl sites for hydroxylation is 3. The van der Waals surface area contributed by atoms with Gasteiger partial charge in [0.05, 0.1) is 6.61 Å². The number of ether oxygens (including phenoxy) is 1. The Kier molecular flexibility index (Phi) is 6.60. The maximum Gasteiger partial charge on any atom is 0.314 e. The van der Waals surface area contributed by atoms with Crippen molar-refractivity contribution in [1.29, 1.82) is 0 Å². The number of urea groups is 1. The van der Waals surface area contributed by atoms with Gasteiger partial charge in [0, 0.05) is 19.5 Å². The number of benzene rings is 1.